The van der Waals surface area contributed by atoms with Crippen molar-refractivity contribution in [2.45, 2.75) is 65.5 Å². The van der Waals surface area contributed by atoms with Gasteiger partial charge in [0.25, 0.3) is 0 Å². The van der Waals surface area contributed by atoms with Gasteiger partial charge >= 0.3 is 0 Å². The summed E-state index contributed by atoms with van der Waals surface area (Å²) in [4.78, 5) is 16.7. The highest BCUT2D eigenvalue weighted by atomic mass is 16.2. The minimum Gasteiger partial charge on any atom is -0.349 e. The van der Waals surface area contributed by atoms with Gasteiger partial charge in [-0.1, -0.05) is 34.6 Å². The van der Waals surface area contributed by atoms with Crippen LogP contribution in [-0.2, 0) is 16.8 Å². The molecule has 1 atom stereocenters. The third kappa shape index (κ3) is 4.00. The van der Waals surface area contributed by atoms with E-state index >= 15 is 0 Å². The lowest BCUT2D eigenvalue weighted by atomic mass is 9.92. The number of hydrogen-bond acceptors (Lipinski definition) is 3. The first-order valence-electron chi connectivity index (χ1n) is 8.05. The summed E-state index contributed by atoms with van der Waals surface area (Å²) in [6.07, 6.45) is 3.59. The normalized spacial score (nSPS) is 13.3. The Morgan fingerprint density at radius 1 is 1.35 bits per heavy atom. The monoisotopic (exact) mass is 317 g/mol. The number of nitrogens with one attached hydrogen (secondary N) is 2. The van der Waals surface area contributed by atoms with E-state index in [1.165, 1.54) is 0 Å². The maximum absolute atomic E-state index is 12.4. The van der Waals surface area contributed by atoms with Crippen molar-refractivity contribution < 1.29 is 4.79 Å². The molecule has 0 aliphatic carbocycles. The van der Waals surface area contributed by atoms with Crippen LogP contribution < -0.4 is 5.32 Å². The van der Waals surface area contributed by atoms with E-state index in [1.54, 1.807) is 6.20 Å². The molecule has 0 aliphatic heterocycles. The molecule has 2 heterocycles. The number of H-pyrrole nitrogens is 1. The van der Waals surface area contributed by atoms with Crippen LogP contribution in [0.25, 0.3) is 0 Å². The summed E-state index contributed by atoms with van der Waals surface area (Å²) in [6, 6.07) is 1.71. The van der Waals surface area contributed by atoms with Crippen molar-refractivity contribution in [1.29, 1.82) is 0 Å². The largest absolute Gasteiger partial charge is 0.349 e. The number of amides is 1. The summed E-state index contributed by atoms with van der Waals surface area (Å²) in [7, 11) is 0. The van der Waals surface area contributed by atoms with Gasteiger partial charge in [-0.3, -0.25) is 9.89 Å². The van der Waals surface area contributed by atoms with E-state index in [0.717, 1.165) is 17.2 Å². The van der Waals surface area contributed by atoms with Gasteiger partial charge in [-0.15, -0.1) is 0 Å². The Hall–Kier alpha value is -2.11. The zero-order chi connectivity index (χ0) is 17.2. The average molecular weight is 317 g/mol. The molecule has 0 saturated heterocycles. The fourth-order valence-electron chi connectivity index (χ4n) is 2.39. The van der Waals surface area contributed by atoms with Gasteiger partial charge in [0.1, 0.15) is 11.9 Å². The molecule has 6 heteroatoms. The number of carbonyl (C=O) groups is 1. The Morgan fingerprint density at radius 2 is 2.04 bits per heavy atom. The first-order valence-corrected chi connectivity index (χ1v) is 8.05. The second-order valence-corrected chi connectivity index (χ2v) is 7.27. The highest BCUT2D eigenvalue weighted by molar-refractivity contribution is 5.79. The lowest BCUT2D eigenvalue weighted by molar-refractivity contribution is -0.124. The Kier molecular flexibility index (Phi) is 4.92. The number of nitrogens with zero attached hydrogens (tertiary/aromatic N) is 3. The van der Waals surface area contributed by atoms with E-state index in [-0.39, 0.29) is 23.3 Å². The molecule has 2 N–H and O–H groups in total. The summed E-state index contributed by atoms with van der Waals surface area (Å²) in [6.45, 7) is 12.8. The van der Waals surface area contributed by atoms with Crippen molar-refractivity contribution >= 4 is 5.91 Å². The molecule has 1 unspecified atom stereocenters. The molecular formula is C17H27N5O. The number of rotatable bonds is 5. The van der Waals surface area contributed by atoms with Crippen LogP contribution in [0.5, 0.6) is 0 Å². The molecular weight excluding hydrogens is 290 g/mol. The Balaban J connectivity index is 1.99. The molecule has 0 radical (unpaired) electrons. The second kappa shape index (κ2) is 6.56. The third-order valence-electron chi connectivity index (χ3n) is 3.86. The summed E-state index contributed by atoms with van der Waals surface area (Å²) in [5.41, 5.74) is 1.89. The predicted octanol–water partition coefficient (Wildman–Crippen LogP) is 2.90. The average Bonchev–Trinajstić information content (AvgIpc) is 3.11. The highest BCUT2D eigenvalue weighted by Crippen LogP contribution is 2.20. The summed E-state index contributed by atoms with van der Waals surface area (Å²) in [5.74, 6) is 1.17. The fraction of sp³-hybridized carbons (Fsp3) is 0.588. The van der Waals surface area contributed by atoms with Gasteiger partial charge in [-0.2, -0.15) is 5.10 Å². The highest BCUT2D eigenvalue weighted by Gasteiger charge is 2.20. The molecule has 1 amide bonds. The molecule has 6 nitrogen and oxygen atoms in total. The van der Waals surface area contributed by atoms with Crippen LogP contribution in [-0.4, -0.2) is 25.7 Å². The third-order valence-corrected chi connectivity index (χ3v) is 3.86. The van der Waals surface area contributed by atoms with E-state index in [2.05, 4.69) is 55.1 Å². The van der Waals surface area contributed by atoms with Crippen molar-refractivity contribution in [2.24, 2.45) is 0 Å². The van der Waals surface area contributed by atoms with Gasteiger partial charge in [0.15, 0.2) is 0 Å². The maximum atomic E-state index is 12.4. The van der Waals surface area contributed by atoms with Crippen LogP contribution >= 0.6 is 0 Å². The van der Waals surface area contributed by atoms with E-state index in [4.69, 9.17) is 0 Å². The maximum Gasteiger partial charge on any atom is 0.243 e. The Bertz CT molecular complexity index is 663. The number of aromatic amines is 1. The van der Waals surface area contributed by atoms with Crippen LogP contribution in [0.2, 0.25) is 0 Å². The summed E-state index contributed by atoms with van der Waals surface area (Å²) in [5, 5.41) is 10.3. The molecule has 126 valence electrons. The predicted molar refractivity (Wildman–Crippen MR) is 90.2 cm³/mol. The molecule has 0 aromatic carbocycles. The fourth-order valence-corrected chi connectivity index (χ4v) is 2.39. The number of hydrogen-bond donors (Lipinski definition) is 2. The number of aromatic nitrogens is 4. The van der Waals surface area contributed by atoms with E-state index in [1.807, 2.05) is 23.8 Å². The van der Waals surface area contributed by atoms with Gasteiger partial charge in [-0.05, 0) is 13.0 Å². The van der Waals surface area contributed by atoms with Gasteiger partial charge in [-0.25, -0.2) is 4.98 Å². The van der Waals surface area contributed by atoms with Crippen LogP contribution in [0.15, 0.2) is 18.5 Å². The van der Waals surface area contributed by atoms with Crippen molar-refractivity contribution in [2.75, 3.05) is 0 Å². The molecule has 0 aliphatic rings. The lowest BCUT2D eigenvalue weighted by Gasteiger charge is -2.17. The molecule has 23 heavy (non-hydrogen) atoms. The number of carbonyl (C=O) groups excluding carboxylic acids is 1. The topological polar surface area (TPSA) is 75.6 Å². The smallest absolute Gasteiger partial charge is 0.243 e. The summed E-state index contributed by atoms with van der Waals surface area (Å²) < 4.78 is 1.92. The van der Waals surface area contributed by atoms with E-state index in [0.29, 0.717) is 6.54 Å². The molecule has 2 aromatic heterocycles. The van der Waals surface area contributed by atoms with E-state index in [9.17, 15) is 4.79 Å². The van der Waals surface area contributed by atoms with E-state index < -0.39 is 0 Å². The first kappa shape index (κ1) is 17.2. The second-order valence-electron chi connectivity index (χ2n) is 7.27. The van der Waals surface area contributed by atoms with Crippen molar-refractivity contribution in [3.05, 3.63) is 35.7 Å². The molecule has 0 spiro atoms. The van der Waals surface area contributed by atoms with Crippen molar-refractivity contribution in [3.8, 4) is 0 Å². The Labute approximate surface area is 137 Å². The number of imidazole rings is 1. The van der Waals surface area contributed by atoms with Gasteiger partial charge < -0.3 is 9.88 Å². The molecule has 0 bridgehead atoms. The van der Waals surface area contributed by atoms with Crippen LogP contribution in [0.4, 0.5) is 0 Å². The minimum atomic E-state index is -0.292. The zero-order valence-electron chi connectivity index (χ0n) is 14.8. The van der Waals surface area contributed by atoms with Crippen LogP contribution in [0.3, 0.4) is 0 Å². The quantitative estimate of drug-likeness (QED) is 0.890. The van der Waals surface area contributed by atoms with Crippen molar-refractivity contribution in [3.63, 3.8) is 0 Å². The Morgan fingerprint density at radius 3 is 2.61 bits per heavy atom. The SMILES string of the molecule is CC(C)c1nccn1C(C)C(=O)NCc1cc(C(C)(C)C)n[nH]1. The van der Waals surface area contributed by atoms with Crippen LogP contribution in [0, 0.1) is 0 Å². The van der Waals surface area contributed by atoms with Gasteiger partial charge in [0.05, 0.1) is 17.9 Å². The van der Waals surface area contributed by atoms with Crippen molar-refractivity contribution in [1.82, 2.24) is 25.1 Å². The molecule has 0 fully saturated rings. The molecule has 2 aromatic rings. The zero-order valence-corrected chi connectivity index (χ0v) is 14.8. The molecule has 2 rings (SSSR count). The molecule has 0 saturated carbocycles. The van der Waals surface area contributed by atoms with Gasteiger partial charge in [0.2, 0.25) is 5.91 Å². The minimum absolute atomic E-state index is 0.00493. The standard InChI is InChI=1S/C17H27N5O/c1-11(2)15-18-7-8-22(15)12(3)16(23)19-10-13-9-14(21-20-13)17(4,5)6/h7-9,11-12H,10H2,1-6H3,(H,19,23)(H,20,21). The lowest BCUT2D eigenvalue weighted by Crippen LogP contribution is -2.31. The summed E-state index contributed by atoms with van der Waals surface area (Å²) >= 11 is 0. The van der Waals surface area contributed by atoms with Gasteiger partial charge in [0, 0.05) is 23.7 Å². The van der Waals surface area contributed by atoms with Crippen LogP contribution in [0.1, 0.15) is 70.7 Å². The first-order chi connectivity index (χ1) is 10.7.